The van der Waals surface area contributed by atoms with Crippen LogP contribution >= 0.6 is 0 Å². The molecule has 0 fully saturated rings. The number of benzene rings is 3. The van der Waals surface area contributed by atoms with Gasteiger partial charge in [-0.1, -0.05) is 12.1 Å². The van der Waals surface area contributed by atoms with Gasteiger partial charge in [0.2, 0.25) is 0 Å². The molecular formula is C20H19NO3. The van der Waals surface area contributed by atoms with Crippen molar-refractivity contribution in [3.05, 3.63) is 65.2 Å². The lowest BCUT2D eigenvalue weighted by molar-refractivity contribution is 0.102. The molecule has 0 heterocycles. The molecular weight excluding hydrogens is 302 g/mol. The first-order valence-corrected chi connectivity index (χ1v) is 7.68. The number of anilines is 1. The molecule has 0 aromatic heterocycles. The second kappa shape index (κ2) is 6.24. The van der Waals surface area contributed by atoms with E-state index in [1.54, 1.807) is 37.4 Å². The minimum absolute atomic E-state index is 0.208. The predicted molar refractivity (Wildman–Crippen MR) is 96.0 cm³/mol. The Labute approximate surface area is 140 Å². The van der Waals surface area contributed by atoms with Crippen LogP contribution in [0.3, 0.4) is 0 Å². The second-order valence-corrected chi connectivity index (χ2v) is 5.79. The van der Waals surface area contributed by atoms with Gasteiger partial charge in [-0.3, -0.25) is 4.79 Å². The smallest absolute Gasteiger partial charge is 0.255 e. The molecule has 4 nitrogen and oxygen atoms in total. The van der Waals surface area contributed by atoms with Crippen molar-refractivity contribution in [2.45, 2.75) is 13.8 Å². The lowest BCUT2D eigenvalue weighted by Gasteiger charge is -2.11. The predicted octanol–water partition coefficient (Wildman–Crippen LogP) is 4.42. The molecule has 0 atom stereocenters. The molecule has 0 unspecified atom stereocenters. The third-order valence-electron chi connectivity index (χ3n) is 4.24. The number of amides is 1. The maximum absolute atomic E-state index is 12.3. The van der Waals surface area contributed by atoms with E-state index in [-0.39, 0.29) is 11.7 Å². The molecule has 3 aromatic rings. The number of aromatic hydroxyl groups is 1. The molecule has 0 saturated carbocycles. The Morgan fingerprint density at radius 2 is 1.75 bits per heavy atom. The highest BCUT2D eigenvalue weighted by molar-refractivity contribution is 6.05. The number of nitrogens with one attached hydrogen (secondary N) is 1. The van der Waals surface area contributed by atoms with Crippen molar-refractivity contribution in [2.24, 2.45) is 0 Å². The monoisotopic (exact) mass is 321 g/mol. The molecule has 24 heavy (non-hydrogen) atoms. The van der Waals surface area contributed by atoms with E-state index in [0.717, 1.165) is 21.9 Å². The number of hydrogen-bond donors (Lipinski definition) is 2. The number of fused-ring (bicyclic) bond motifs is 1. The normalized spacial score (nSPS) is 10.6. The van der Waals surface area contributed by atoms with E-state index in [4.69, 9.17) is 4.74 Å². The molecule has 0 aliphatic carbocycles. The van der Waals surface area contributed by atoms with Gasteiger partial charge in [0, 0.05) is 16.6 Å². The highest BCUT2D eigenvalue weighted by Crippen LogP contribution is 2.32. The van der Waals surface area contributed by atoms with Gasteiger partial charge in [-0.15, -0.1) is 0 Å². The Morgan fingerprint density at radius 1 is 1.04 bits per heavy atom. The number of methoxy groups -OCH3 is 1. The zero-order chi connectivity index (χ0) is 17.3. The van der Waals surface area contributed by atoms with Gasteiger partial charge >= 0.3 is 0 Å². The molecule has 1 amide bonds. The van der Waals surface area contributed by atoms with Gasteiger partial charge in [0.05, 0.1) is 7.11 Å². The van der Waals surface area contributed by atoms with Crippen LogP contribution in [-0.2, 0) is 0 Å². The quantitative estimate of drug-likeness (QED) is 0.750. The standard InChI is InChI=1S/C20H19NO3/c1-12-10-15-4-7-16(11-18(15)19(22)13(12)2)21-20(23)14-5-8-17(24-3)9-6-14/h4-11,22H,1-3H3,(H,21,23). The maximum Gasteiger partial charge on any atom is 0.255 e. The fourth-order valence-electron chi connectivity index (χ4n) is 2.64. The van der Waals surface area contributed by atoms with E-state index in [1.165, 1.54) is 0 Å². The molecule has 0 bridgehead atoms. The van der Waals surface area contributed by atoms with Gasteiger partial charge in [-0.2, -0.15) is 0 Å². The Kier molecular flexibility index (Phi) is 4.13. The summed E-state index contributed by atoms with van der Waals surface area (Å²) in [5.41, 5.74) is 3.07. The number of aryl methyl sites for hydroxylation is 1. The van der Waals surface area contributed by atoms with Crippen molar-refractivity contribution in [1.29, 1.82) is 0 Å². The van der Waals surface area contributed by atoms with E-state index >= 15 is 0 Å². The van der Waals surface area contributed by atoms with Gasteiger partial charge in [0.15, 0.2) is 0 Å². The third-order valence-corrected chi connectivity index (χ3v) is 4.24. The molecule has 0 aliphatic heterocycles. The van der Waals surface area contributed by atoms with Crippen molar-refractivity contribution in [1.82, 2.24) is 0 Å². The van der Waals surface area contributed by atoms with E-state index in [1.807, 2.05) is 32.0 Å². The molecule has 0 spiro atoms. The zero-order valence-electron chi connectivity index (χ0n) is 13.9. The van der Waals surface area contributed by atoms with Crippen LogP contribution in [0.25, 0.3) is 10.8 Å². The number of phenols is 1. The molecule has 0 aliphatic rings. The SMILES string of the molecule is COc1ccc(C(=O)Nc2ccc3cc(C)c(C)c(O)c3c2)cc1. The fraction of sp³-hybridized carbons (Fsp3) is 0.150. The number of carbonyl (C=O) groups is 1. The Balaban J connectivity index is 1.90. The summed E-state index contributed by atoms with van der Waals surface area (Å²) in [6, 6.07) is 14.4. The molecule has 4 heteroatoms. The van der Waals surface area contributed by atoms with Crippen molar-refractivity contribution in [3.63, 3.8) is 0 Å². The summed E-state index contributed by atoms with van der Waals surface area (Å²) in [4.78, 5) is 12.3. The van der Waals surface area contributed by atoms with Crippen LogP contribution < -0.4 is 10.1 Å². The van der Waals surface area contributed by atoms with Crippen LogP contribution in [0, 0.1) is 13.8 Å². The summed E-state index contributed by atoms with van der Waals surface area (Å²) in [6.07, 6.45) is 0. The van der Waals surface area contributed by atoms with Gasteiger partial charge in [-0.25, -0.2) is 0 Å². The van der Waals surface area contributed by atoms with Gasteiger partial charge in [0.25, 0.3) is 5.91 Å². The molecule has 0 radical (unpaired) electrons. The number of rotatable bonds is 3. The second-order valence-electron chi connectivity index (χ2n) is 5.79. The van der Waals surface area contributed by atoms with E-state index < -0.39 is 0 Å². The van der Waals surface area contributed by atoms with Crippen LogP contribution in [-0.4, -0.2) is 18.1 Å². The van der Waals surface area contributed by atoms with E-state index in [2.05, 4.69) is 5.32 Å². The van der Waals surface area contributed by atoms with Crippen molar-refractivity contribution >= 4 is 22.4 Å². The highest BCUT2D eigenvalue weighted by atomic mass is 16.5. The van der Waals surface area contributed by atoms with Gasteiger partial charge in [-0.05, 0) is 66.8 Å². The Bertz CT molecular complexity index is 914. The van der Waals surface area contributed by atoms with E-state index in [9.17, 15) is 9.90 Å². The van der Waals surface area contributed by atoms with Crippen LogP contribution in [0.15, 0.2) is 48.5 Å². The first-order chi connectivity index (χ1) is 11.5. The minimum Gasteiger partial charge on any atom is -0.507 e. The summed E-state index contributed by atoms with van der Waals surface area (Å²) in [7, 11) is 1.58. The topological polar surface area (TPSA) is 58.6 Å². The Hall–Kier alpha value is -3.01. The molecule has 2 N–H and O–H groups in total. The Morgan fingerprint density at radius 3 is 2.42 bits per heavy atom. The largest absolute Gasteiger partial charge is 0.507 e. The van der Waals surface area contributed by atoms with Crippen LogP contribution in [0.5, 0.6) is 11.5 Å². The first-order valence-electron chi connectivity index (χ1n) is 7.68. The first kappa shape index (κ1) is 15.9. The molecule has 3 aromatic carbocycles. The average molecular weight is 321 g/mol. The van der Waals surface area contributed by atoms with Crippen LogP contribution in [0.2, 0.25) is 0 Å². The lowest BCUT2D eigenvalue weighted by Crippen LogP contribution is -2.11. The minimum atomic E-state index is -0.208. The molecule has 0 saturated heterocycles. The highest BCUT2D eigenvalue weighted by Gasteiger charge is 2.10. The van der Waals surface area contributed by atoms with Crippen molar-refractivity contribution < 1.29 is 14.6 Å². The average Bonchev–Trinajstić information content (AvgIpc) is 2.60. The summed E-state index contributed by atoms with van der Waals surface area (Å²) in [5, 5.41) is 14.9. The summed E-state index contributed by atoms with van der Waals surface area (Å²) in [6.45, 7) is 3.85. The molecule has 122 valence electrons. The van der Waals surface area contributed by atoms with E-state index in [0.29, 0.717) is 17.0 Å². The fourth-order valence-corrected chi connectivity index (χ4v) is 2.64. The summed E-state index contributed by atoms with van der Waals surface area (Å²) < 4.78 is 5.09. The van der Waals surface area contributed by atoms with Crippen molar-refractivity contribution in [3.8, 4) is 11.5 Å². The van der Waals surface area contributed by atoms with Crippen LogP contribution in [0.4, 0.5) is 5.69 Å². The zero-order valence-corrected chi connectivity index (χ0v) is 13.9. The van der Waals surface area contributed by atoms with Gasteiger partial charge in [0.1, 0.15) is 11.5 Å². The number of phenolic OH excluding ortho intramolecular Hbond substituents is 1. The summed E-state index contributed by atoms with van der Waals surface area (Å²) in [5.74, 6) is 0.749. The number of ether oxygens (including phenoxy) is 1. The van der Waals surface area contributed by atoms with Gasteiger partial charge < -0.3 is 15.2 Å². The number of hydrogen-bond acceptors (Lipinski definition) is 3. The van der Waals surface area contributed by atoms with Crippen molar-refractivity contribution in [2.75, 3.05) is 12.4 Å². The summed E-state index contributed by atoms with van der Waals surface area (Å²) >= 11 is 0. The lowest BCUT2D eigenvalue weighted by atomic mass is 10.0. The number of carbonyl (C=O) groups excluding carboxylic acids is 1. The maximum atomic E-state index is 12.3. The third kappa shape index (κ3) is 2.91. The molecule has 3 rings (SSSR count). The van der Waals surface area contributed by atoms with Crippen LogP contribution in [0.1, 0.15) is 21.5 Å².